The maximum Gasteiger partial charge on any atom is 0.340 e. The second-order valence-electron chi connectivity index (χ2n) is 17.4. The first-order valence-corrected chi connectivity index (χ1v) is 19.2. The van der Waals surface area contributed by atoms with Crippen LogP contribution in [0.1, 0.15) is 113 Å². The van der Waals surface area contributed by atoms with Crippen molar-refractivity contribution in [3.8, 4) is 23.0 Å². The molecule has 1 spiro atoms. The fourth-order valence-corrected chi connectivity index (χ4v) is 10.3. The quantitative estimate of drug-likeness (QED) is 0.180. The number of anilines is 2. The number of carbonyl (C=O) groups is 2. The molecule has 0 radical (unpaired) electrons. The zero-order valence-electron chi connectivity index (χ0n) is 32.3. The van der Waals surface area contributed by atoms with Gasteiger partial charge in [0, 0.05) is 83.6 Å². The Morgan fingerprint density at radius 3 is 1.82 bits per heavy atom. The van der Waals surface area contributed by atoms with Gasteiger partial charge in [0.15, 0.2) is 5.60 Å². The molecule has 0 saturated heterocycles. The van der Waals surface area contributed by atoms with Gasteiger partial charge in [-0.1, -0.05) is 70.2 Å². The Labute approximate surface area is 321 Å². The molecule has 278 valence electrons. The third kappa shape index (κ3) is 4.28. The molecule has 55 heavy (non-hydrogen) atoms. The molecular formula is C47H44N2O6. The number of hydrogen-bond acceptors (Lipinski definition) is 7. The SMILES string of the molecule is CN1CCC(C)(C)c2c1ccc1c2Oc2cc3c(cc2[C@@]1(C)c1ccccc1C(=O)O)[C@@]1(OC(=O)c2ccccc21)c1ccc2c(c1O3)C(C)(C)CCN2C. The molecule has 0 amide bonds. The average molecular weight is 733 g/mol. The van der Waals surface area contributed by atoms with Crippen LogP contribution in [0.25, 0.3) is 0 Å². The zero-order chi connectivity index (χ0) is 38.4. The Balaban J connectivity index is 1.32. The van der Waals surface area contributed by atoms with Gasteiger partial charge < -0.3 is 29.1 Å². The third-order valence-electron chi connectivity index (χ3n) is 13.4. The molecule has 1 N–H and O–H groups in total. The van der Waals surface area contributed by atoms with E-state index in [1.807, 2.05) is 42.5 Å². The smallest absolute Gasteiger partial charge is 0.340 e. The molecule has 0 saturated carbocycles. The molecule has 0 bridgehead atoms. The van der Waals surface area contributed by atoms with Crippen molar-refractivity contribution >= 4 is 23.3 Å². The zero-order valence-corrected chi connectivity index (χ0v) is 32.3. The van der Waals surface area contributed by atoms with Crippen molar-refractivity contribution < 1.29 is 28.9 Å². The summed E-state index contributed by atoms with van der Waals surface area (Å²) in [5.41, 5.74) is 6.77. The highest BCUT2D eigenvalue weighted by Gasteiger charge is 2.57. The number of carboxylic acid groups (broad SMARTS) is 1. The van der Waals surface area contributed by atoms with Crippen LogP contribution in [-0.2, 0) is 26.6 Å². The molecule has 8 nitrogen and oxygen atoms in total. The van der Waals surface area contributed by atoms with Crippen molar-refractivity contribution in [1.29, 1.82) is 0 Å². The van der Waals surface area contributed by atoms with Gasteiger partial charge >= 0.3 is 11.9 Å². The first-order valence-electron chi connectivity index (χ1n) is 19.2. The number of carbonyl (C=O) groups excluding carboxylic acids is 1. The Kier molecular flexibility index (Phi) is 6.71. The highest BCUT2D eigenvalue weighted by atomic mass is 16.6. The van der Waals surface area contributed by atoms with Crippen LogP contribution in [0.3, 0.4) is 0 Å². The van der Waals surface area contributed by atoms with Crippen molar-refractivity contribution in [2.45, 2.75) is 69.3 Å². The Bertz CT molecular complexity index is 2550. The molecule has 10 rings (SSSR count). The van der Waals surface area contributed by atoms with Gasteiger partial charge in [-0.05, 0) is 72.6 Å². The highest BCUT2D eigenvalue weighted by Crippen LogP contribution is 2.64. The van der Waals surface area contributed by atoms with Crippen LogP contribution in [0.2, 0.25) is 0 Å². The normalized spacial score (nSPS) is 23.1. The Hall–Kier alpha value is -5.76. The number of rotatable bonds is 2. The van der Waals surface area contributed by atoms with Gasteiger partial charge in [0.2, 0.25) is 0 Å². The van der Waals surface area contributed by atoms with Crippen molar-refractivity contribution in [2.24, 2.45) is 0 Å². The Morgan fingerprint density at radius 2 is 1.18 bits per heavy atom. The van der Waals surface area contributed by atoms with Gasteiger partial charge in [0.05, 0.1) is 16.5 Å². The van der Waals surface area contributed by atoms with E-state index < -0.39 is 23.0 Å². The summed E-state index contributed by atoms with van der Waals surface area (Å²) in [6.45, 7) is 12.9. The molecule has 0 aromatic heterocycles. The van der Waals surface area contributed by atoms with E-state index in [0.29, 0.717) is 33.9 Å². The maximum absolute atomic E-state index is 14.0. The summed E-state index contributed by atoms with van der Waals surface area (Å²) in [5.74, 6) is 1.14. The van der Waals surface area contributed by atoms with Crippen molar-refractivity contribution in [1.82, 2.24) is 0 Å². The molecule has 0 unspecified atom stereocenters. The van der Waals surface area contributed by atoms with E-state index in [1.165, 1.54) is 0 Å². The largest absolute Gasteiger partial charge is 0.478 e. The Morgan fingerprint density at radius 1 is 0.636 bits per heavy atom. The molecule has 2 atom stereocenters. The molecule has 0 fully saturated rings. The van der Waals surface area contributed by atoms with Gasteiger partial charge in [-0.3, -0.25) is 0 Å². The first kappa shape index (κ1) is 33.8. The number of fused-ring (bicyclic) bond motifs is 12. The van der Waals surface area contributed by atoms with Crippen molar-refractivity contribution in [3.63, 3.8) is 0 Å². The summed E-state index contributed by atoms with van der Waals surface area (Å²) in [4.78, 5) is 31.6. The van der Waals surface area contributed by atoms with E-state index in [0.717, 1.165) is 76.4 Å². The molecule has 8 heteroatoms. The maximum atomic E-state index is 14.0. The fraction of sp³-hybridized carbons (Fsp3) is 0.319. The van der Waals surface area contributed by atoms with E-state index in [9.17, 15) is 14.7 Å². The van der Waals surface area contributed by atoms with Gasteiger partial charge in [0.25, 0.3) is 0 Å². The van der Waals surface area contributed by atoms with Gasteiger partial charge in [0.1, 0.15) is 23.0 Å². The van der Waals surface area contributed by atoms with E-state index in [2.05, 4.69) is 88.8 Å². The number of carboxylic acids is 1. The minimum absolute atomic E-state index is 0.211. The standard InChI is InChI=1S/C47H44N2O6/c1-44(2)20-22-48(6)34-18-16-30-40(38(34)44)53-36-25-37-33(24-32(36)46(30,5)28-14-10-8-12-26(28)42(50)51)47(29-15-11-9-13-27(29)43(52)55-47)31-17-19-35-39(41(31)54-37)45(3,4)21-23-49(35)7/h8-19,24-25H,20-23H2,1-7H3,(H,50,51)/t46-,47-/m0/s1. The summed E-state index contributed by atoms with van der Waals surface area (Å²) in [6.07, 6.45) is 1.85. The number of ether oxygens (including phenoxy) is 3. The van der Waals surface area contributed by atoms with Crippen molar-refractivity contribution in [2.75, 3.05) is 37.0 Å². The summed E-state index contributed by atoms with van der Waals surface area (Å²) in [6, 6.07) is 27.3. The number of benzene rings is 5. The molecule has 5 aromatic rings. The summed E-state index contributed by atoms with van der Waals surface area (Å²) in [7, 11) is 4.21. The van der Waals surface area contributed by atoms with Gasteiger partial charge in [-0.15, -0.1) is 0 Å². The third-order valence-corrected chi connectivity index (χ3v) is 13.4. The topological polar surface area (TPSA) is 88.5 Å². The van der Waals surface area contributed by atoms with Crippen LogP contribution in [0.4, 0.5) is 11.4 Å². The van der Waals surface area contributed by atoms with E-state index in [-0.39, 0.29) is 16.4 Å². The molecule has 0 aliphatic carbocycles. The predicted molar refractivity (Wildman–Crippen MR) is 212 cm³/mol. The van der Waals surface area contributed by atoms with Crippen LogP contribution in [0.5, 0.6) is 23.0 Å². The number of hydrogen-bond donors (Lipinski definition) is 1. The van der Waals surface area contributed by atoms with Gasteiger partial charge in [-0.25, -0.2) is 9.59 Å². The van der Waals surface area contributed by atoms with E-state index >= 15 is 0 Å². The predicted octanol–water partition coefficient (Wildman–Crippen LogP) is 9.65. The lowest BCUT2D eigenvalue weighted by atomic mass is 9.64. The molecule has 5 aliphatic rings. The van der Waals surface area contributed by atoms with Gasteiger partial charge in [-0.2, -0.15) is 0 Å². The highest BCUT2D eigenvalue weighted by molar-refractivity contribution is 5.97. The fourth-order valence-electron chi connectivity index (χ4n) is 10.3. The summed E-state index contributed by atoms with van der Waals surface area (Å²) in [5, 5.41) is 10.7. The second kappa shape index (κ2) is 10.9. The van der Waals surface area contributed by atoms with E-state index in [4.69, 9.17) is 14.2 Å². The molecule has 5 aliphatic heterocycles. The second-order valence-corrected chi connectivity index (χ2v) is 17.4. The first-order chi connectivity index (χ1) is 26.2. The monoisotopic (exact) mass is 732 g/mol. The van der Waals surface area contributed by atoms with Crippen LogP contribution >= 0.6 is 0 Å². The minimum Gasteiger partial charge on any atom is -0.478 e. The minimum atomic E-state index is -1.33. The number of nitrogens with zero attached hydrogens (tertiary/aromatic N) is 2. The van der Waals surface area contributed by atoms with Crippen LogP contribution in [-0.4, -0.2) is 44.2 Å². The lowest BCUT2D eigenvalue weighted by Gasteiger charge is -2.46. The molecular weight excluding hydrogens is 689 g/mol. The van der Waals surface area contributed by atoms with Crippen molar-refractivity contribution in [3.05, 3.63) is 141 Å². The molecule has 5 aromatic carbocycles. The number of esters is 1. The number of aromatic carboxylic acids is 1. The summed E-state index contributed by atoms with van der Waals surface area (Å²) < 4.78 is 21.1. The average Bonchev–Trinajstić information content (AvgIpc) is 3.46. The lowest BCUT2D eigenvalue weighted by molar-refractivity contribution is 0.0222. The summed E-state index contributed by atoms with van der Waals surface area (Å²) >= 11 is 0. The van der Waals surface area contributed by atoms with Crippen LogP contribution in [0, 0.1) is 0 Å². The lowest BCUT2D eigenvalue weighted by Crippen LogP contribution is -2.40. The molecule has 5 heterocycles. The van der Waals surface area contributed by atoms with Crippen LogP contribution in [0.15, 0.2) is 84.9 Å². The van der Waals surface area contributed by atoms with Crippen LogP contribution < -0.4 is 19.3 Å². The van der Waals surface area contributed by atoms with E-state index in [1.54, 1.807) is 12.1 Å².